The zero-order valence-corrected chi connectivity index (χ0v) is 9.88. The number of fused-ring (bicyclic) bond motifs is 1. The fourth-order valence-corrected chi connectivity index (χ4v) is 1.81. The predicted octanol–water partition coefficient (Wildman–Crippen LogP) is 2.87. The average Bonchev–Trinajstić information content (AvgIpc) is 2.95. The molecule has 0 atom stereocenters. The van der Waals surface area contributed by atoms with Crippen LogP contribution < -0.4 is 0 Å². The molecule has 0 spiro atoms. The Labute approximate surface area is 99.3 Å². The summed E-state index contributed by atoms with van der Waals surface area (Å²) in [6.45, 7) is 4.26. The first-order valence-electron chi connectivity index (χ1n) is 5.75. The number of hydrogen-bond acceptors (Lipinski definition) is 2. The highest BCUT2D eigenvalue weighted by atomic mass is 15.3. The number of H-pyrrole nitrogens is 1. The largest absolute Gasteiger partial charge is 0.322 e. The van der Waals surface area contributed by atoms with Crippen molar-refractivity contribution in [3.63, 3.8) is 0 Å². The maximum absolute atomic E-state index is 4.50. The van der Waals surface area contributed by atoms with Crippen LogP contribution in [0.1, 0.15) is 25.5 Å². The van der Waals surface area contributed by atoms with Gasteiger partial charge in [0.05, 0.1) is 16.7 Å². The minimum absolute atomic E-state index is 0.431. The van der Waals surface area contributed by atoms with Gasteiger partial charge in [-0.3, -0.25) is 0 Å². The zero-order valence-electron chi connectivity index (χ0n) is 9.88. The Kier molecular flexibility index (Phi) is 2.21. The van der Waals surface area contributed by atoms with Gasteiger partial charge in [0.15, 0.2) is 0 Å². The molecule has 0 unspecified atom stereocenters. The van der Waals surface area contributed by atoms with E-state index in [-0.39, 0.29) is 0 Å². The predicted molar refractivity (Wildman–Crippen MR) is 67.3 cm³/mol. The second-order valence-electron chi connectivity index (χ2n) is 4.42. The molecule has 17 heavy (non-hydrogen) atoms. The lowest BCUT2D eigenvalue weighted by Gasteiger charge is -1.98. The summed E-state index contributed by atoms with van der Waals surface area (Å²) in [5, 5.41) is 4.50. The van der Waals surface area contributed by atoms with Crippen molar-refractivity contribution >= 4 is 11.0 Å². The molecule has 0 aliphatic heterocycles. The standard InChI is InChI=1S/C13H14N4/c1-9(2)10-7-8-17(16-10)13-14-11-5-3-4-6-12(11)15-13/h3-9H,1-2H3,(H,14,15). The van der Waals surface area contributed by atoms with Gasteiger partial charge in [-0.15, -0.1) is 0 Å². The van der Waals surface area contributed by atoms with Crippen molar-refractivity contribution in [1.82, 2.24) is 19.7 Å². The Bertz CT molecular complexity index is 615. The molecule has 0 amide bonds. The third-order valence-corrected chi connectivity index (χ3v) is 2.80. The summed E-state index contributed by atoms with van der Waals surface area (Å²) in [7, 11) is 0. The van der Waals surface area contributed by atoms with Crippen LogP contribution in [0.4, 0.5) is 0 Å². The molecule has 2 aromatic heterocycles. The van der Waals surface area contributed by atoms with Crippen LogP contribution in [0.2, 0.25) is 0 Å². The number of imidazole rings is 1. The van der Waals surface area contributed by atoms with E-state index in [9.17, 15) is 0 Å². The minimum Gasteiger partial charge on any atom is -0.322 e. The van der Waals surface area contributed by atoms with Gasteiger partial charge in [0.2, 0.25) is 5.95 Å². The van der Waals surface area contributed by atoms with Crippen molar-refractivity contribution in [2.75, 3.05) is 0 Å². The summed E-state index contributed by atoms with van der Waals surface area (Å²) >= 11 is 0. The van der Waals surface area contributed by atoms with Crippen molar-refractivity contribution in [3.8, 4) is 5.95 Å². The molecule has 0 fully saturated rings. The third-order valence-electron chi connectivity index (χ3n) is 2.80. The molecule has 86 valence electrons. The Balaban J connectivity index is 2.07. The summed E-state index contributed by atoms with van der Waals surface area (Å²) in [6, 6.07) is 10.0. The van der Waals surface area contributed by atoms with Gasteiger partial charge in [-0.05, 0) is 24.1 Å². The van der Waals surface area contributed by atoms with Gasteiger partial charge in [0.25, 0.3) is 0 Å². The molecule has 1 N–H and O–H groups in total. The summed E-state index contributed by atoms with van der Waals surface area (Å²) in [6.07, 6.45) is 1.94. The maximum Gasteiger partial charge on any atom is 0.229 e. The van der Waals surface area contributed by atoms with Crippen LogP contribution in [0.15, 0.2) is 36.5 Å². The fourth-order valence-electron chi connectivity index (χ4n) is 1.81. The van der Waals surface area contributed by atoms with Gasteiger partial charge in [-0.1, -0.05) is 26.0 Å². The molecule has 0 saturated heterocycles. The quantitative estimate of drug-likeness (QED) is 0.730. The van der Waals surface area contributed by atoms with Gasteiger partial charge >= 0.3 is 0 Å². The SMILES string of the molecule is CC(C)c1ccn(-c2nc3ccccc3[nH]2)n1. The Morgan fingerprint density at radius 3 is 2.71 bits per heavy atom. The van der Waals surface area contributed by atoms with E-state index in [1.165, 1.54) is 0 Å². The molecule has 4 nitrogen and oxygen atoms in total. The summed E-state index contributed by atoms with van der Waals surface area (Å²) < 4.78 is 1.79. The highest BCUT2D eigenvalue weighted by Gasteiger charge is 2.07. The first-order chi connectivity index (χ1) is 8.24. The molecule has 0 radical (unpaired) electrons. The van der Waals surface area contributed by atoms with Gasteiger partial charge in [-0.25, -0.2) is 9.67 Å². The van der Waals surface area contributed by atoms with Crippen LogP contribution in [0.5, 0.6) is 0 Å². The molecule has 4 heteroatoms. The third kappa shape index (κ3) is 1.71. The molecule has 0 aliphatic rings. The smallest absolute Gasteiger partial charge is 0.229 e. The van der Waals surface area contributed by atoms with Crippen LogP contribution in [-0.4, -0.2) is 19.7 Å². The number of para-hydroxylation sites is 2. The molecule has 2 heterocycles. The summed E-state index contributed by atoms with van der Waals surface area (Å²) in [5.41, 5.74) is 3.07. The Morgan fingerprint density at radius 1 is 1.18 bits per heavy atom. The van der Waals surface area contributed by atoms with Crippen LogP contribution in [0, 0.1) is 0 Å². The van der Waals surface area contributed by atoms with E-state index in [1.54, 1.807) is 4.68 Å². The normalized spacial score (nSPS) is 11.5. The van der Waals surface area contributed by atoms with Gasteiger partial charge < -0.3 is 4.98 Å². The molecule has 0 aliphatic carbocycles. The van der Waals surface area contributed by atoms with E-state index in [4.69, 9.17) is 0 Å². The van der Waals surface area contributed by atoms with E-state index in [0.717, 1.165) is 22.7 Å². The van der Waals surface area contributed by atoms with Crippen LogP contribution in [0.3, 0.4) is 0 Å². The second-order valence-corrected chi connectivity index (χ2v) is 4.42. The van der Waals surface area contributed by atoms with Crippen molar-refractivity contribution in [3.05, 3.63) is 42.2 Å². The number of hydrogen-bond donors (Lipinski definition) is 1. The van der Waals surface area contributed by atoms with E-state index in [1.807, 2.05) is 36.5 Å². The maximum atomic E-state index is 4.50. The Morgan fingerprint density at radius 2 is 2.00 bits per heavy atom. The monoisotopic (exact) mass is 226 g/mol. The molecular formula is C13H14N4. The molecule has 1 aromatic carbocycles. The fraction of sp³-hybridized carbons (Fsp3) is 0.231. The second kappa shape index (κ2) is 3.73. The number of aromatic nitrogens is 4. The molecule has 0 bridgehead atoms. The van der Waals surface area contributed by atoms with Crippen molar-refractivity contribution in [2.45, 2.75) is 19.8 Å². The highest BCUT2D eigenvalue weighted by Crippen LogP contribution is 2.15. The van der Waals surface area contributed by atoms with E-state index >= 15 is 0 Å². The molecule has 0 saturated carbocycles. The number of rotatable bonds is 2. The first kappa shape index (κ1) is 10.1. The van der Waals surface area contributed by atoms with Crippen molar-refractivity contribution in [2.24, 2.45) is 0 Å². The number of nitrogens with one attached hydrogen (secondary N) is 1. The van der Waals surface area contributed by atoms with Crippen LogP contribution in [-0.2, 0) is 0 Å². The zero-order chi connectivity index (χ0) is 11.8. The molecular weight excluding hydrogens is 212 g/mol. The van der Waals surface area contributed by atoms with E-state index in [2.05, 4.69) is 28.9 Å². The van der Waals surface area contributed by atoms with Crippen molar-refractivity contribution < 1.29 is 0 Å². The minimum atomic E-state index is 0.431. The topological polar surface area (TPSA) is 46.5 Å². The summed E-state index contributed by atoms with van der Waals surface area (Å²) in [4.78, 5) is 7.75. The van der Waals surface area contributed by atoms with Gasteiger partial charge in [0.1, 0.15) is 0 Å². The van der Waals surface area contributed by atoms with E-state index in [0.29, 0.717) is 5.92 Å². The lowest BCUT2D eigenvalue weighted by Crippen LogP contribution is -1.98. The van der Waals surface area contributed by atoms with E-state index < -0.39 is 0 Å². The molecule has 3 aromatic rings. The summed E-state index contributed by atoms with van der Waals surface area (Å²) in [5.74, 6) is 1.19. The highest BCUT2D eigenvalue weighted by molar-refractivity contribution is 5.75. The van der Waals surface area contributed by atoms with Crippen molar-refractivity contribution in [1.29, 1.82) is 0 Å². The first-order valence-corrected chi connectivity index (χ1v) is 5.75. The number of nitrogens with zero attached hydrogens (tertiary/aromatic N) is 3. The number of benzene rings is 1. The lowest BCUT2D eigenvalue weighted by atomic mass is 10.1. The van der Waals surface area contributed by atoms with Crippen LogP contribution in [0.25, 0.3) is 17.0 Å². The van der Waals surface area contributed by atoms with Crippen LogP contribution >= 0.6 is 0 Å². The van der Waals surface area contributed by atoms with Gasteiger partial charge in [-0.2, -0.15) is 5.10 Å². The Hall–Kier alpha value is -2.10. The van der Waals surface area contributed by atoms with Gasteiger partial charge in [0, 0.05) is 6.20 Å². The molecule has 3 rings (SSSR count). The average molecular weight is 226 g/mol. The lowest BCUT2D eigenvalue weighted by molar-refractivity contribution is 0.750. The number of aromatic amines is 1.